The second-order valence-electron chi connectivity index (χ2n) is 5.16. The van der Waals surface area contributed by atoms with Gasteiger partial charge in [-0.25, -0.2) is 4.39 Å². The molecule has 1 N–H and O–H groups in total. The Kier molecular flexibility index (Phi) is 6.17. The van der Waals surface area contributed by atoms with Crippen molar-refractivity contribution >= 4 is 40.7 Å². The summed E-state index contributed by atoms with van der Waals surface area (Å²) in [5.74, 6) is -1.28. The van der Waals surface area contributed by atoms with Gasteiger partial charge in [-0.3, -0.25) is 9.59 Å². The van der Waals surface area contributed by atoms with Crippen LogP contribution in [0.2, 0.25) is 10.0 Å². The van der Waals surface area contributed by atoms with Gasteiger partial charge in [0.2, 0.25) is 11.8 Å². The molecule has 7 heteroatoms. The number of nitrogens with one attached hydrogen (secondary N) is 1. The van der Waals surface area contributed by atoms with Gasteiger partial charge in [-0.2, -0.15) is 0 Å². The number of amides is 2. The molecule has 0 aliphatic rings. The minimum Gasteiger partial charge on any atom is -0.336 e. The molecule has 0 saturated heterocycles. The van der Waals surface area contributed by atoms with Crippen LogP contribution in [0.5, 0.6) is 0 Å². The largest absolute Gasteiger partial charge is 0.336 e. The van der Waals surface area contributed by atoms with Crippen LogP contribution in [-0.2, 0) is 16.0 Å². The van der Waals surface area contributed by atoms with E-state index < -0.39 is 11.7 Å². The highest BCUT2D eigenvalue weighted by atomic mass is 35.5. The number of carbonyl (C=O) groups is 2. The van der Waals surface area contributed by atoms with Crippen LogP contribution in [-0.4, -0.2) is 30.3 Å². The second-order valence-corrected chi connectivity index (χ2v) is 5.98. The first-order valence-corrected chi connectivity index (χ1v) is 7.85. The molecule has 0 aliphatic carbocycles. The first-order chi connectivity index (χ1) is 11.4. The quantitative estimate of drug-likeness (QED) is 0.872. The van der Waals surface area contributed by atoms with Gasteiger partial charge < -0.3 is 10.2 Å². The van der Waals surface area contributed by atoms with Crippen molar-refractivity contribution in [2.24, 2.45) is 0 Å². The number of likely N-dealkylation sites (N-methyl/N-ethyl adjacent to an activating group) is 1. The van der Waals surface area contributed by atoms with E-state index in [1.165, 1.54) is 24.1 Å². The van der Waals surface area contributed by atoms with Crippen molar-refractivity contribution in [2.75, 3.05) is 18.9 Å². The van der Waals surface area contributed by atoms with E-state index >= 15 is 0 Å². The topological polar surface area (TPSA) is 49.4 Å². The number of nitrogens with zero attached hydrogens (tertiary/aromatic N) is 1. The number of benzene rings is 2. The Labute approximate surface area is 149 Å². The number of hydrogen-bond donors (Lipinski definition) is 1. The molecule has 126 valence electrons. The number of hydrogen-bond acceptors (Lipinski definition) is 2. The van der Waals surface area contributed by atoms with E-state index in [1.54, 1.807) is 30.3 Å². The van der Waals surface area contributed by atoms with E-state index in [0.717, 1.165) is 0 Å². The van der Waals surface area contributed by atoms with Gasteiger partial charge in [-0.15, -0.1) is 0 Å². The monoisotopic (exact) mass is 368 g/mol. The Morgan fingerprint density at radius 1 is 1.08 bits per heavy atom. The summed E-state index contributed by atoms with van der Waals surface area (Å²) in [6.45, 7) is -0.200. The van der Waals surface area contributed by atoms with Gasteiger partial charge in [0.05, 0.1) is 28.7 Å². The van der Waals surface area contributed by atoms with Crippen LogP contribution in [0.4, 0.5) is 10.1 Å². The fraction of sp³-hybridized carbons (Fsp3) is 0.176. The van der Waals surface area contributed by atoms with Crippen molar-refractivity contribution in [1.82, 2.24) is 4.90 Å². The van der Waals surface area contributed by atoms with Gasteiger partial charge >= 0.3 is 0 Å². The highest BCUT2D eigenvalue weighted by Gasteiger charge is 2.16. The zero-order valence-electron chi connectivity index (χ0n) is 12.9. The summed E-state index contributed by atoms with van der Waals surface area (Å²) >= 11 is 12.0. The normalized spacial score (nSPS) is 10.3. The fourth-order valence-corrected chi connectivity index (χ4v) is 2.53. The number of anilines is 1. The molecule has 0 aromatic heterocycles. The lowest BCUT2D eigenvalue weighted by Crippen LogP contribution is -2.36. The number of rotatable bonds is 5. The molecule has 0 heterocycles. The first-order valence-electron chi connectivity index (χ1n) is 7.09. The van der Waals surface area contributed by atoms with Gasteiger partial charge in [0.15, 0.2) is 0 Å². The highest BCUT2D eigenvalue weighted by molar-refractivity contribution is 6.39. The van der Waals surface area contributed by atoms with Crippen molar-refractivity contribution in [1.29, 1.82) is 0 Å². The predicted octanol–water partition coefficient (Wildman–Crippen LogP) is 3.77. The summed E-state index contributed by atoms with van der Waals surface area (Å²) < 4.78 is 13.6. The van der Waals surface area contributed by atoms with Crippen LogP contribution < -0.4 is 5.32 Å². The summed E-state index contributed by atoms with van der Waals surface area (Å²) in [4.78, 5) is 25.4. The molecule has 2 aromatic carbocycles. The molecule has 4 nitrogen and oxygen atoms in total. The highest BCUT2D eigenvalue weighted by Crippen LogP contribution is 2.29. The van der Waals surface area contributed by atoms with Gasteiger partial charge in [-0.1, -0.05) is 47.5 Å². The molecule has 0 saturated carbocycles. The average molecular weight is 369 g/mol. The van der Waals surface area contributed by atoms with E-state index in [1.807, 2.05) is 0 Å². The maximum atomic E-state index is 13.6. The number of carbonyl (C=O) groups excluding carboxylic acids is 2. The molecule has 0 aliphatic heterocycles. The molecule has 0 fully saturated rings. The first kappa shape index (κ1) is 18.2. The van der Waals surface area contributed by atoms with Crippen molar-refractivity contribution in [3.63, 3.8) is 0 Å². The predicted molar refractivity (Wildman–Crippen MR) is 92.8 cm³/mol. The van der Waals surface area contributed by atoms with Crippen molar-refractivity contribution in [3.8, 4) is 0 Å². The van der Waals surface area contributed by atoms with Crippen molar-refractivity contribution in [2.45, 2.75) is 6.42 Å². The lowest BCUT2D eigenvalue weighted by Gasteiger charge is -2.17. The van der Waals surface area contributed by atoms with E-state index in [4.69, 9.17) is 23.2 Å². The van der Waals surface area contributed by atoms with E-state index in [-0.39, 0.29) is 24.4 Å². The molecular formula is C17H15Cl2FN2O2. The third-order valence-electron chi connectivity index (χ3n) is 3.33. The Morgan fingerprint density at radius 3 is 2.33 bits per heavy atom. The summed E-state index contributed by atoms with van der Waals surface area (Å²) in [5, 5.41) is 3.17. The third-order valence-corrected chi connectivity index (χ3v) is 3.96. The fourth-order valence-electron chi connectivity index (χ4n) is 2.04. The molecule has 2 rings (SSSR count). The molecule has 0 radical (unpaired) electrons. The van der Waals surface area contributed by atoms with Crippen molar-refractivity contribution < 1.29 is 14.0 Å². The number of para-hydroxylation sites is 1. The minimum absolute atomic E-state index is 0.122. The Morgan fingerprint density at radius 2 is 1.71 bits per heavy atom. The van der Waals surface area contributed by atoms with E-state index in [2.05, 4.69) is 5.32 Å². The average Bonchev–Trinajstić information content (AvgIpc) is 2.53. The smallest absolute Gasteiger partial charge is 0.244 e. The zero-order chi connectivity index (χ0) is 17.7. The van der Waals surface area contributed by atoms with Gasteiger partial charge in [0.25, 0.3) is 0 Å². The van der Waals surface area contributed by atoms with E-state index in [0.29, 0.717) is 15.7 Å². The standard InChI is InChI=1S/C17H15Cl2FN2O2/c1-22(16(24)9-11-5-2-3-8-14(11)20)10-15(23)21-17-12(18)6-4-7-13(17)19/h2-8H,9-10H2,1H3,(H,21,23). The van der Waals surface area contributed by atoms with Gasteiger partial charge in [0, 0.05) is 7.05 Å². The molecule has 0 spiro atoms. The Balaban J connectivity index is 1.96. The summed E-state index contributed by atoms with van der Waals surface area (Å²) in [6.07, 6.45) is -0.122. The Bertz CT molecular complexity index is 748. The molecule has 2 aromatic rings. The minimum atomic E-state index is -0.452. The second kappa shape index (κ2) is 8.13. The van der Waals surface area contributed by atoms with Crippen LogP contribution in [0, 0.1) is 5.82 Å². The lowest BCUT2D eigenvalue weighted by molar-refractivity contribution is -0.132. The molecule has 0 bridgehead atoms. The maximum absolute atomic E-state index is 13.6. The van der Waals surface area contributed by atoms with Gasteiger partial charge in [0.1, 0.15) is 5.82 Å². The summed E-state index contributed by atoms with van der Waals surface area (Å²) in [7, 11) is 1.47. The van der Waals surface area contributed by atoms with Crippen LogP contribution in [0.25, 0.3) is 0 Å². The summed E-state index contributed by atoms with van der Waals surface area (Å²) in [6, 6.07) is 10.9. The maximum Gasteiger partial charge on any atom is 0.244 e. The van der Waals surface area contributed by atoms with Crippen LogP contribution >= 0.6 is 23.2 Å². The van der Waals surface area contributed by atoms with Gasteiger partial charge in [-0.05, 0) is 23.8 Å². The van der Waals surface area contributed by atoms with Crippen molar-refractivity contribution in [3.05, 3.63) is 63.9 Å². The molecule has 0 atom stereocenters. The van der Waals surface area contributed by atoms with Crippen LogP contribution in [0.3, 0.4) is 0 Å². The van der Waals surface area contributed by atoms with Crippen LogP contribution in [0.1, 0.15) is 5.56 Å². The molecule has 2 amide bonds. The van der Waals surface area contributed by atoms with E-state index in [9.17, 15) is 14.0 Å². The molecule has 0 unspecified atom stereocenters. The zero-order valence-corrected chi connectivity index (χ0v) is 14.4. The molecule has 24 heavy (non-hydrogen) atoms. The Hall–Kier alpha value is -2.11. The van der Waals surface area contributed by atoms with Crippen LogP contribution in [0.15, 0.2) is 42.5 Å². The lowest BCUT2D eigenvalue weighted by atomic mass is 10.1. The third kappa shape index (κ3) is 4.69. The number of halogens is 3. The SMILES string of the molecule is CN(CC(=O)Nc1c(Cl)cccc1Cl)C(=O)Cc1ccccc1F. The summed E-state index contributed by atoms with van der Waals surface area (Å²) in [5.41, 5.74) is 0.574. The molecular weight excluding hydrogens is 354 g/mol.